The van der Waals surface area contributed by atoms with E-state index in [1.54, 1.807) is 0 Å². The second-order valence-electron chi connectivity index (χ2n) is 12.9. The summed E-state index contributed by atoms with van der Waals surface area (Å²) < 4.78 is 6.35. The van der Waals surface area contributed by atoms with Gasteiger partial charge in [0, 0.05) is 16.5 Å². The Kier molecular flexibility index (Phi) is 5.53. The van der Waals surface area contributed by atoms with E-state index < -0.39 is 5.41 Å². The first kappa shape index (κ1) is 26.0. The van der Waals surface area contributed by atoms with Crippen LogP contribution in [0.5, 0.6) is 11.5 Å². The Hall–Kier alpha value is -5.40. The molecule has 0 saturated carbocycles. The number of para-hydroxylation sites is 1. The number of benzene rings is 7. The van der Waals surface area contributed by atoms with Gasteiger partial charge in [0.05, 0.1) is 5.41 Å². The first-order valence-corrected chi connectivity index (χ1v) is 15.8. The highest BCUT2D eigenvalue weighted by Crippen LogP contribution is 2.57. The fourth-order valence-electron chi connectivity index (χ4n) is 7.98. The summed E-state index contributed by atoms with van der Waals surface area (Å²) in [5.74, 6) is 1.89. The molecule has 7 aromatic rings. The van der Waals surface area contributed by atoms with E-state index in [0.29, 0.717) is 0 Å². The summed E-state index contributed by atoms with van der Waals surface area (Å²) >= 11 is 0. The van der Waals surface area contributed by atoms with E-state index in [2.05, 4.69) is 166 Å². The van der Waals surface area contributed by atoms with E-state index in [9.17, 15) is 0 Å². The maximum Gasteiger partial charge on any atom is 0.131 e. The molecule has 7 aromatic carbocycles. The molecule has 1 heteroatoms. The Labute approximate surface area is 264 Å². The van der Waals surface area contributed by atoms with Crippen molar-refractivity contribution in [3.8, 4) is 33.8 Å². The third-order valence-electron chi connectivity index (χ3n) is 10.2. The number of rotatable bonds is 3. The molecule has 1 aliphatic heterocycles. The van der Waals surface area contributed by atoms with Crippen LogP contribution in [-0.4, -0.2) is 0 Å². The topological polar surface area (TPSA) is 9.23 Å². The monoisotopic (exact) mass is 576 g/mol. The van der Waals surface area contributed by atoms with Gasteiger partial charge in [0.15, 0.2) is 0 Å². The van der Waals surface area contributed by atoms with Gasteiger partial charge in [0.25, 0.3) is 0 Å². The summed E-state index contributed by atoms with van der Waals surface area (Å²) in [5.41, 5.74) is 12.1. The zero-order chi connectivity index (χ0) is 30.2. The van der Waals surface area contributed by atoms with E-state index >= 15 is 0 Å². The molecule has 1 aliphatic carbocycles. The standard InChI is InChI=1S/C44H32O/c1-43(2)38-18-10-11-19-41(38)45-42-25-22-32(28-40(42)43)29-20-23-34(24-21-29)44(33-14-4-3-5-15-33)37-17-9-8-16-35(37)36-26-30-12-6-7-13-31(30)27-39(36)44/h3-28H,1-2H3. The van der Waals surface area contributed by atoms with Crippen LogP contribution in [0.4, 0.5) is 0 Å². The Morgan fingerprint density at radius 3 is 1.80 bits per heavy atom. The lowest BCUT2D eigenvalue weighted by Crippen LogP contribution is -2.28. The number of hydrogen-bond donors (Lipinski definition) is 0. The van der Waals surface area contributed by atoms with Gasteiger partial charge in [0.1, 0.15) is 11.5 Å². The van der Waals surface area contributed by atoms with E-state index in [-0.39, 0.29) is 5.41 Å². The van der Waals surface area contributed by atoms with Crippen molar-refractivity contribution in [2.75, 3.05) is 0 Å². The highest BCUT2D eigenvalue weighted by molar-refractivity contribution is 5.96. The summed E-state index contributed by atoms with van der Waals surface area (Å²) in [4.78, 5) is 0. The van der Waals surface area contributed by atoms with Gasteiger partial charge in [0.2, 0.25) is 0 Å². The van der Waals surface area contributed by atoms with Crippen LogP contribution in [0.2, 0.25) is 0 Å². The molecular weight excluding hydrogens is 544 g/mol. The predicted molar refractivity (Wildman–Crippen MR) is 185 cm³/mol. The summed E-state index contributed by atoms with van der Waals surface area (Å²) in [7, 11) is 0. The molecule has 0 N–H and O–H groups in total. The zero-order valence-corrected chi connectivity index (χ0v) is 25.4. The maximum atomic E-state index is 6.35. The summed E-state index contributed by atoms with van der Waals surface area (Å²) in [6.45, 7) is 4.59. The predicted octanol–water partition coefficient (Wildman–Crippen LogP) is 11.3. The highest BCUT2D eigenvalue weighted by Gasteiger charge is 2.46. The lowest BCUT2D eigenvalue weighted by molar-refractivity contribution is 0.418. The van der Waals surface area contributed by atoms with Crippen molar-refractivity contribution in [1.82, 2.24) is 0 Å². The van der Waals surface area contributed by atoms with Gasteiger partial charge in [-0.25, -0.2) is 0 Å². The molecular formula is C44H32O. The van der Waals surface area contributed by atoms with Crippen molar-refractivity contribution < 1.29 is 4.74 Å². The molecule has 1 heterocycles. The quantitative estimate of drug-likeness (QED) is 0.203. The first-order chi connectivity index (χ1) is 22.0. The van der Waals surface area contributed by atoms with Crippen LogP contribution < -0.4 is 4.74 Å². The number of ether oxygens (including phenoxy) is 1. The molecule has 1 nitrogen and oxygen atoms in total. The van der Waals surface area contributed by atoms with E-state index in [0.717, 1.165) is 11.5 Å². The molecule has 2 aliphatic rings. The van der Waals surface area contributed by atoms with Gasteiger partial charge in [-0.1, -0.05) is 141 Å². The first-order valence-electron chi connectivity index (χ1n) is 15.8. The molecule has 9 rings (SSSR count). The van der Waals surface area contributed by atoms with Crippen LogP contribution in [0, 0.1) is 0 Å². The van der Waals surface area contributed by atoms with Crippen molar-refractivity contribution in [2.24, 2.45) is 0 Å². The van der Waals surface area contributed by atoms with E-state index in [4.69, 9.17) is 4.74 Å². The maximum absolute atomic E-state index is 6.35. The van der Waals surface area contributed by atoms with Crippen LogP contribution in [0.3, 0.4) is 0 Å². The van der Waals surface area contributed by atoms with Gasteiger partial charge < -0.3 is 4.74 Å². The molecule has 1 atom stereocenters. The second kappa shape index (κ2) is 9.55. The van der Waals surface area contributed by atoms with Crippen LogP contribution in [-0.2, 0) is 10.8 Å². The lowest BCUT2D eigenvalue weighted by Gasteiger charge is -2.35. The number of hydrogen-bond acceptors (Lipinski definition) is 1. The fourth-order valence-corrected chi connectivity index (χ4v) is 7.98. The van der Waals surface area contributed by atoms with Gasteiger partial charge in [-0.2, -0.15) is 0 Å². The molecule has 0 saturated heterocycles. The largest absolute Gasteiger partial charge is 0.457 e. The van der Waals surface area contributed by atoms with Gasteiger partial charge in [-0.3, -0.25) is 0 Å². The van der Waals surface area contributed by atoms with Gasteiger partial charge in [-0.05, 0) is 85.6 Å². The van der Waals surface area contributed by atoms with Crippen molar-refractivity contribution in [1.29, 1.82) is 0 Å². The molecule has 1 unspecified atom stereocenters. The van der Waals surface area contributed by atoms with Crippen LogP contribution in [0.15, 0.2) is 158 Å². The SMILES string of the molecule is CC1(C)c2ccccc2Oc2ccc(-c3ccc(C4(c5ccccc5)c5ccccc5-c5cc6ccccc6cc54)cc3)cc21. The second-order valence-corrected chi connectivity index (χ2v) is 12.9. The van der Waals surface area contributed by atoms with Crippen LogP contribution in [0.1, 0.15) is 47.2 Å². The fraction of sp³-hybridized carbons (Fsp3) is 0.0909. The zero-order valence-electron chi connectivity index (χ0n) is 25.4. The highest BCUT2D eigenvalue weighted by atomic mass is 16.5. The molecule has 45 heavy (non-hydrogen) atoms. The van der Waals surface area contributed by atoms with Gasteiger partial charge in [-0.15, -0.1) is 0 Å². The molecule has 0 radical (unpaired) electrons. The molecule has 0 amide bonds. The minimum absolute atomic E-state index is 0.155. The molecule has 0 aromatic heterocycles. The summed E-state index contributed by atoms with van der Waals surface area (Å²) in [6.07, 6.45) is 0. The van der Waals surface area contributed by atoms with Crippen molar-refractivity contribution >= 4 is 10.8 Å². The summed E-state index contributed by atoms with van der Waals surface area (Å²) in [6, 6.07) is 57.9. The molecule has 0 fully saturated rings. The summed E-state index contributed by atoms with van der Waals surface area (Å²) in [5, 5.41) is 2.54. The smallest absolute Gasteiger partial charge is 0.131 e. The third kappa shape index (κ3) is 3.68. The minimum atomic E-state index is -0.425. The van der Waals surface area contributed by atoms with Crippen molar-refractivity contribution in [3.05, 3.63) is 191 Å². The van der Waals surface area contributed by atoms with E-state index in [1.165, 1.54) is 66.4 Å². The third-order valence-corrected chi connectivity index (χ3v) is 10.2. The lowest BCUT2D eigenvalue weighted by atomic mass is 9.67. The Morgan fingerprint density at radius 2 is 1.00 bits per heavy atom. The average Bonchev–Trinajstić information content (AvgIpc) is 3.38. The van der Waals surface area contributed by atoms with Crippen molar-refractivity contribution in [2.45, 2.75) is 24.7 Å². The molecule has 0 spiro atoms. The Bertz CT molecular complexity index is 2260. The minimum Gasteiger partial charge on any atom is -0.457 e. The normalized spacial score (nSPS) is 17.1. The van der Waals surface area contributed by atoms with Crippen LogP contribution >= 0.6 is 0 Å². The van der Waals surface area contributed by atoms with Gasteiger partial charge >= 0.3 is 0 Å². The number of fused-ring (bicyclic) bond motifs is 6. The van der Waals surface area contributed by atoms with Crippen molar-refractivity contribution in [3.63, 3.8) is 0 Å². The van der Waals surface area contributed by atoms with Crippen LogP contribution in [0.25, 0.3) is 33.0 Å². The van der Waals surface area contributed by atoms with E-state index in [1.807, 2.05) is 6.07 Å². The Morgan fingerprint density at radius 1 is 0.400 bits per heavy atom. The molecule has 0 bridgehead atoms. The average molecular weight is 577 g/mol. The Balaban J connectivity index is 1.23. The molecule has 214 valence electrons.